The molecule has 0 aliphatic carbocycles. The van der Waals surface area contributed by atoms with Crippen molar-refractivity contribution in [3.8, 4) is 0 Å². The third kappa shape index (κ3) is 9.09. The van der Waals surface area contributed by atoms with Gasteiger partial charge in [-0.3, -0.25) is 5.43 Å². The number of hydrogen-bond donors (Lipinski definition) is 1. The van der Waals surface area contributed by atoms with Crippen molar-refractivity contribution in [2.24, 2.45) is 0 Å². The molecule has 4 nitrogen and oxygen atoms in total. The third-order valence-electron chi connectivity index (χ3n) is 2.88. The van der Waals surface area contributed by atoms with Gasteiger partial charge in [0.1, 0.15) is 0 Å². The highest BCUT2D eigenvalue weighted by atomic mass is 15.5. The van der Waals surface area contributed by atoms with Crippen molar-refractivity contribution in [2.45, 2.75) is 19.8 Å². The Bertz CT molecular complexity index is 150. The van der Waals surface area contributed by atoms with E-state index in [1.165, 1.54) is 32.5 Å². The van der Waals surface area contributed by atoms with E-state index in [9.17, 15) is 0 Å². The molecule has 0 bridgehead atoms. The average molecular weight is 230 g/mol. The lowest BCUT2D eigenvalue weighted by molar-refractivity contribution is 0.217. The highest BCUT2D eigenvalue weighted by molar-refractivity contribution is 4.58. The van der Waals surface area contributed by atoms with Crippen LogP contribution in [0.4, 0.5) is 0 Å². The van der Waals surface area contributed by atoms with E-state index in [-0.39, 0.29) is 0 Å². The van der Waals surface area contributed by atoms with E-state index in [0.29, 0.717) is 0 Å². The van der Waals surface area contributed by atoms with Gasteiger partial charge >= 0.3 is 0 Å². The Hall–Kier alpha value is -0.160. The molecule has 0 saturated carbocycles. The Labute approximate surface area is 102 Å². The van der Waals surface area contributed by atoms with Crippen molar-refractivity contribution in [1.82, 2.24) is 20.2 Å². The maximum absolute atomic E-state index is 3.12. The molecule has 0 amide bonds. The highest BCUT2D eigenvalue weighted by Crippen LogP contribution is 1.95. The van der Waals surface area contributed by atoms with Crippen LogP contribution in [0.3, 0.4) is 0 Å². The summed E-state index contributed by atoms with van der Waals surface area (Å²) in [6.45, 7) is 8.13. The molecule has 0 atom stereocenters. The molecular weight excluding hydrogens is 200 g/mol. The number of nitrogens with zero attached hydrogens (tertiary/aromatic N) is 3. The fraction of sp³-hybridized carbons (Fsp3) is 1.00. The maximum Gasteiger partial charge on any atom is 0.0139 e. The van der Waals surface area contributed by atoms with Crippen LogP contribution in [-0.2, 0) is 0 Å². The van der Waals surface area contributed by atoms with Crippen molar-refractivity contribution < 1.29 is 0 Å². The van der Waals surface area contributed by atoms with Crippen molar-refractivity contribution in [2.75, 3.05) is 60.9 Å². The van der Waals surface area contributed by atoms with Gasteiger partial charge in [-0.15, -0.1) is 0 Å². The summed E-state index contributed by atoms with van der Waals surface area (Å²) < 4.78 is 0. The summed E-state index contributed by atoms with van der Waals surface area (Å²) in [6, 6.07) is 0. The Morgan fingerprint density at radius 1 is 0.875 bits per heavy atom. The van der Waals surface area contributed by atoms with Gasteiger partial charge in [0.15, 0.2) is 0 Å². The molecule has 0 aromatic heterocycles. The first kappa shape index (κ1) is 15.8. The van der Waals surface area contributed by atoms with Crippen LogP contribution in [0.1, 0.15) is 19.8 Å². The van der Waals surface area contributed by atoms with Gasteiger partial charge in [-0.1, -0.05) is 6.92 Å². The van der Waals surface area contributed by atoms with E-state index in [4.69, 9.17) is 0 Å². The lowest BCUT2D eigenvalue weighted by atomic mass is 10.3. The van der Waals surface area contributed by atoms with Crippen LogP contribution < -0.4 is 5.43 Å². The average Bonchev–Trinajstić information content (AvgIpc) is 2.26. The van der Waals surface area contributed by atoms with Crippen LogP contribution in [0.5, 0.6) is 0 Å². The Kier molecular flexibility index (Phi) is 9.92. The van der Waals surface area contributed by atoms with Gasteiger partial charge in [0.05, 0.1) is 0 Å². The largest absolute Gasteiger partial charge is 0.309 e. The first-order valence-corrected chi connectivity index (χ1v) is 6.35. The fourth-order valence-electron chi connectivity index (χ4n) is 1.68. The third-order valence-corrected chi connectivity index (χ3v) is 2.88. The molecule has 0 saturated heterocycles. The molecule has 0 unspecified atom stereocenters. The van der Waals surface area contributed by atoms with Crippen LogP contribution in [0.2, 0.25) is 0 Å². The van der Waals surface area contributed by atoms with E-state index < -0.39 is 0 Å². The van der Waals surface area contributed by atoms with Gasteiger partial charge in [-0.25, -0.2) is 5.01 Å². The zero-order valence-electron chi connectivity index (χ0n) is 11.8. The monoisotopic (exact) mass is 230 g/mol. The molecule has 16 heavy (non-hydrogen) atoms. The molecule has 0 heterocycles. The SMILES string of the molecule is CCN(CCCN(C)C)CCCN(C)NC. The molecule has 0 fully saturated rings. The smallest absolute Gasteiger partial charge is 0.0139 e. The lowest BCUT2D eigenvalue weighted by Gasteiger charge is -2.23. The Balaban J connectivity index is 3.51. The molecule has 0 aromatic rings. The van der Waals surface area contributed by atoms with E-state index in [1.54, 1.807) is 0 Å². The van der Waals surface area contributed by atoms with Gasteiger partial charge in [0.2, 0.25) is 0 Å². The van der Waals surface area contributed by atoms with Crippen molar-refractivity contribution in [3.05, 3.63) is 0 Å². The minimum atomic E-state index is 1.11. The molecule has 0 radical (unpaired) electrons. The summed E-state index contributed by atoms with van der Waals surface area (Å²) in [5.41, 5.74) is 3.12. The zero-order valence-corrected chi connectivity index (χ0v) is 11.8. The normalized spacial score (nSPS) is 12.0. The molecule has 0 spiro atoms. The predicted molar refractivity (Wildman–Crippen MR) is 71.6 cm³/mol. The van der Waals surface area contributed by atoms with E-state index >= 15 is 0 Å². The topological polar surface area (TPSA) is 21.8 Å². The minimum Gasteiger partial charge on any atom is -0.309 e. The van der Waals surface area contributed by atoms with Crippen LogP contribution in [-0.4, -0.2) is 75.7 Å². The number of nitrogens with one attached hydrogen (secondary N) is 1. The second-order valence-electron chi connectivity index (χ2n) is 4.59. The van der Waals surface area contributed by atoms with Gasteiger partial charge < -0.3 is 9.80 Å². The van der Waals surface area contributed by atoms with Crippen LogP contribution in [0, 0.1) is 0 Å². The first-order chi connectivity index (χ1) is 7.60. The van der Waals surface area contributed by atoms with E-state index in [2.05, 4.69) is 48.3 Å². The standard InChI is InChI=1S/C12H30N4/c1-6-16(11-7-9-14(3)4)12-8-10-15(5)13-2/h13H,6-12H2,1-5H3. The highest BCUT2D eigenvalue weighted by Gasteiger charge is 2.03. The second-order valence-corrected chi connectivity index (χ2v) is 4.59. The van der Waals surface area contributed by atoms with Gasteiger partial charge in [0, 0.05) is 13.6 Å². The summed E-state index contributed by atoms with van der Waals surface area (Å²) in [4.78, 5) is 4.79. The minimum absolute atomic E-state index is 1.11. The summed E-state index contributed by atoms with van der Waals surface area (Å²) >= 11 is 0. The molecule has 0 aliphatic heterocycles. The number of hydrogen-bond acceptors (Lipinski definition) is 4. The van der Waals surface area contributed by atoms with Crippen LogP contribution in [0.15, 0.2) is 0 Å². The zero-order chi connectivity index (χ0) is 12.4. The predicted octanol–water partition coefficient (Wildman–Crippen LogP) is 0.716. The van der Waals surface area contributed by atoms with Gasteiger partial charge in [-0.2, -0.15) is 0 Å². The second kappa shape index (κ2) is 10.0. The van der Waals surface area contributed by atoms with Crippen molar-refractivity contribution in [3.63, 3.8) is 0 Å². The van der Waals surface area contributed by atoms with E-state index in [0.717, 1.165) is 13.1 Å². The van der Waals surface area contributed by atoms with E-state index in [1.807, 2.05) is 7.05 Å². The van der Waals surface area contributed by atoms with Crippen molar-refractivity contribution >= 4 is 0 Å². The van der Waals surface area contributed by atoms with Crippen LogP contribution >= 0.6 is 0 Å². The number of hydrazine groups is 1. The molecule has 0 aromatic carbocycles. The summed E-state index contributed by atoms with van der Waals surface area (Å²) in [6.07, 6.45) is 2.50. The maximum atomic E-state index is 3.12. The Morgan fingerprint density at radius 3 is 1.88 bits per heavy atom. The summed E-state index contributed by atoms with van der Waals surface area (Å²) in [5, 5.41) is 2.13. The fourth-order valence-corrected chi connectivity index (χ4v) is 1.68. The van der Waals surface area contributed by atoms with Crippen LogP contribution in [0.25, 0.3) is 0 Å². The molecular formula is C12H30N4. The lowest BCUT2D eigenvalue weighted by Crippen LogP contribution is -2.34. The molecule has 0 rings (SSSR count). The molecule has 1 N–H and O–H groups in total. The van der Waals surface area contributed by atoms with Gasteiger partial charge in [0.25, 0.3) is 0 Å². The number of rotatable bonds is 10. The summed E-state index contributed by atoms with van der Waals surface area (Å²) in [5.74, 6) is 0. The van der Waals surface area contributed by atoms with Crippen molar-refractivity contribution in [1.29, 1.82) is 0 Å². The molecule has 0 aliphatic rings. The quantitative estimate of drug-likeness (QED) is 0.558. The van der Waals surface area contributed by atoms with Gasteiger partial charge in [-0.05, 0) is 60.2 Å². The first-order valence-electron chi connectivity index (χ1n) is 6.35. The summed E-state index contributed by atoms with van der Waals surface area (Å²) in [7, 11) is 8.33. The molecule has 4 heteroatoms. The Morgan fingerprint density at radius 2 is 1.44 bits per heavy atom. The molecule has 98 valence electrons.